The molecular weight excluding hydrogens is 314 g/mol. The number of amides is 1. The van der Waals surface area contributed by atoms with Crippen molar-refractivity contribution >= 4 is 17.2 Å². The lowest BCUT2D eigenvalue weighted by Gasteiger charge is -2.12. The van der Waals surface area contributed by atoms with Gasteiger partial charge in [0, 0.05) is 17.5 Å². The molecule has 0 aliphatic carbocycles. The fourth-order valence-corrected chi connectivity index (χ4v) is 2.50. The van der Waals surface area contributed by atoms with E-state index in [0.29, 0.717) is 30.2 Å². The van der Waals surface area contributed by atoms with Crippen molar-refractivity contribution in [1.29, 1.82) is 0 Å². The lowest BCUT2D eigenvalue weighted by atomic mass is 10.2. The van der Waals surface area contributed by atoms with E-state index >= 15 is 0 Å². The van der Waals surface area contributed by atoms with Crippen LogP contribution in [0.15, 0.2) is 29.1 Å². The highest BCUT2D eigenvalue weighted by atomic mass is 32.1. The molecule has 7 heteroatoms. The number of hydrogen-bond acceptors (Lipinski definition) is 6. The Labute approximate surface area is 139 Å². The van der Waals surface area contributed by atoms with E-state index in [0.717, 1.165) is 18.7 Å². The molecule has 0 aliphatic rings. The summed E-state index contributed by atoms with van der Waals surface area (Å²) in [5.74, 6) is 1.00. The van der Waals surface area contributed by atoms with Gasteiger partial charge in [0.25, 0.3) is 5.91 Å². The average Bonchev–Trinajstić information content (AvgIpc) is 3.10. The zero-order valence-corrected chi connectivity index (χ0v) is 14.1. The molecule has 0 aliphatic heterocycles. The predicted octanol–water partition coefficient (Wildman–Crippen LogP) is 2.07. The Kier molecular flexibility index (Phi) is 6.83. The fraction of sp³-hybridized carbons (Fsp3) is 0.375. The minimum absolute atomic E-state index is 0.120. The number of rotatable bonds is 9. The number of methoxy groups -OCH3 is 1. The van der Waals surface area contributed by atoms with Crippen molar-refractivity contribution in [3.63, 3.8) is 0 Å². The van der Waals surface area contributed by atoms with Crippen LogP contribution in [0.4, 0.5) is 0 Å². The van der Waals surface area contributed by atoms with Crippen LogP contribution in [0.3, 0.4) is 0 Å². The molecule has 2 N–H and O–H groups in total. The summed E-state index contributed by atoms with van der Waals surface area (Å²) in [5.41, 5.74) is 3.17. The summed E-state index contributed by atoms with van der Waals surface area (Å²) < 4.78 is 11.0. The second-order valence-corrected chi connectivity index (χ2v) is 5.57. The van der Waals surface area contributed by atoms with Crippen molar-refractivity contribution in [3.8, 4) is 11.5 Å². The predicted molar refractivity (Wildman–Crippen MR) is 90.3 cm³/mol. The maximum Gasteiger partial charge on any atom is 0.251 e. The Bertz CT molecular complexity index is 617. The zero-order valence-electron chi connectivity index (χ0n) is 13.3. The van der Waals surface area contributed by atoms with E-state index in [1.54, 1.807) is 30.8 Å². The molecule has 0 saturated heterocycles. The van der Waals surface area contributed by atoms with Crippen LogP contribution in [0.25, 0.3) is 0 Å². The van der Waals surface area contributed by atoms with Crippen molar-refractivity contribution in [2.24, 2.45) is 0 Å². The first kappa shape index (κ1) is 17.2. The summed E-state index contributed by atoms with van der Waals surface area (Å²) in [6.07, 6.45) is 0.883. The molecule has 1 aromatic heterocycles. The van der Waals surface area contributed by atoms with Crippen LogP contribution in [0.2, 0.25) is 0 Å². The van der Waals surface area contributed by atoms with E-state index in [1.165, 1.54) is 11.3 Å². The van der Waals surface area contributed by atoms with Gasteiger partial charge >= 0.3 is 0 Å². The molecule has 2 rings (SSSR count). The Balaban J connectivity index is 1.96. The average molecular weight is 335 g/mol. The van der Waals surface area contributed by atoms with Gasteiger partial charge in [0.15, 0.2) is 11.5 Å². The molecule has 0 bridgehead atoms. The van der Waals surface area contributed by atoms with Gasteiger partial charge in [-0.1, -0.05) is 0 Å². The number of hydrogen-bond donors (Lipinski definition) is 2. The fourth-order valence-electron chi connectivity index (χ4n) is 1.96. The Hall–Kier alpha value is -2.12. The highest BCUT2D eigenvalue weighted by Crippen LogP contribution is 2.28. The zero-order chi connectivity index (χ0) is 16.5. The number of thiazole rings is 1. The third kappa shape index (κ3) is 5.22. The van der Waals surface area contributed by atoms with Crippen molar-refractivity contribution in [2.45, 2.75) is 13.0 Å². The molecular formula is C16H21N3O3S. The third-order valence-corrected chi connectivity index (χ3v) is 3.81. The van der Waals surface area contributed by atoms with Crippen LogP contribution in [-0.4, -0.2) is 38.1 Å². The summed E-state index contributed by atoms with van der Waals surface area (Å²) in [6.45, 7) is 1.87. The van der Waals surface area contributed by atoms with Crippen LogP contribution in [-0.2, 0) is 6.61 Å². The number of ether oxygens (including phenoxy) is 2. The first-order chi connectivity index (χ1) is 11.2. The summed E-state index contributed by atoms with van der Waals surface area (Å²) in [5, 5.41) is 7.85. The minimum atomic E-state index is -0.120. The second-order valence-electron chi connectivity index (χ2n) is 4.85. The topological polar surface area (TPSA) is 72.5 Å². The Morgan fingerprint density at radius 1 is 1.30 bits per heavy atom. The van der Waals surface area contributed by atoms with Crippen molar-refractivity contribution in [3.05, 3.63) is 40.3 Å². The van der Waals surface area contributed by atoms with E-state index in [-0.39, 0.29) is 5.91 Å². The molecule has 0 atom stereocenters. The molecule has 1 amide bonds. The van der Waals surface area contributed by atoms with Gasteiger partial charge in [-0.25, -0.2) is 4.98 Å². The van der Waals surface area contributed by atoms with E-state index < -0.39 is 0 Å². The number of benzene rings is 1. The van der Waals surface area contributed by atoms with Gasteiger partial charge in [0.1, 0.15) is 6.61 Å². The van der Waals surface area contributed by atoms with Crippen LogP contribution in [0.5, 0.6) is 11.5 Å². The molecule has 0 radical (unpaired) electrons. The number of carbonyl (C=O) groups is 1. The number of nitrogens with one attached hydrogen (secondary N) is 2. The van der Waals surface area contributed by atoms with Crippen molar-refractivity contribution in [1.82, 2.24) is 15.6 Å². The van der Waals surface area contributed by atoms with E-state index in [9.17, 15) is 4.79 Å². The molecule has 124 valence electrons. The molecule has 23 heavy (non-hydrogen) atoms. The molecule has 6 nitrogen and oxygen atoms in total. The van der Waals surface area contributed by atoms with Crippen LogP contribution in [0, 0.1) is 0 Å². The van der Waals surface area contributed by atoms with Crippen LogP contribution < -0.4 is 20.1 Å². The standard InChI is InChI=1S/C16H21N3O3S/c1-17-6-3-7-18-16(20)12-4-5-14(15(8-12)21-2)22-9-13-10-23-11-19-13/h4-5,8,10-11,17H,3,6-7,9H2,1-2H3,(H,18,20). The van der Waals surface area contributed by atoms with Crippen molar-refractivity contribution < 1.29 is 14.3 Å². The van der Waals surface area contributed by atoms with Gasteiger partial charge in [0.2, 0.25) is 0 Å². The Morgan fingerprint density at radius 2 is 2.17 bits per heavy atom. The lowest BCUT2D eigenvalue weighted by Crippen LogP contribution is -2.26. The second kappa shape index (κ2) is 9.12. The van der Waals surface area contributed by atoms with Crippen LogP contribution in [0.1, 0.15) is 22.5 Å². The normalized spacial score (nSPS) is 10.3. The summed E-state index contributed by atoms with van der Waals surface area (Å²) >= 11 is 1.52. The SMILES string of the molecule is CNCCCNC(=O)c1ccc(OCc2cscn2)c(OC)c1. The molecule has 2 aromatic rings. The quantitative estimate of drug-likeness (QED) is 0.687. The molecule has 1 aromatic carbocycles. The largest absolute Gasteiger partial charge is 0.493 e. The van der Waals surface area contributed by atoms with Gasteiger partial charge in [-0.05, 0) is 38.2 Å². The first-order valence-corrected chi connectivity index (χ1v) is 8.29. The van der Waals surface area contributed by atoms with Gasteiger partial charge < -0.3 is 20.1 Å². The minimum Gasteiger partial charge on any atom is -0.493 e. The van der Waals surface area contributed by atoms with E-state index in [2.05, 4.69) is 15.6 Å². The number of carbonyl (C=O) groups excluding carboxylic acids is 1. The first-order valence-electron chi connectivity index (χ1n) is 7.35. The molecule has 0 fully saturated rings. The highest BCUT2D eigenvalue weighted by molar-refractivity contribution is 7.07. The Morgan fingerprint density at radius 3 is 2.87 bits per heavy atom. The molecule has 0 spiro atoms. The third-order valence-electron chi connectivity index (χ3n) is 3.17. The molecule has 0 unspecified atom stereocenters. The monoisotopic (exact) mass is 335 g/mol. The highest BCUT2D eigenvalue weighted by Gasteiger charge is 2.11. The van der Waals surface area contributed by atoms with Crippen LogP contribution >= 0.6 is 11.3 Å². The summed E-state index contributed by atoms with van der Waals surface area (Å²) in [6, 6.07) is 5.16. The van der Waals surface area contributed by atoms with Gasteiger partial charge in [0.05, 0.1) is 18.3 Å². The maximum atomic E-state index is 12.1. The van der Waals surface area contributed by atoms with Crippen molar-refractivity contribution in [2.75, 3.05) is 27.2 Å². The van der Waals surface area contributed by atoms with E-state index in [4.69, 9.17) is 9.47 Å². The molecule has 1 heterocycles. The number of nitrogens with zero attached hydrogens (tertiary/aromatic N) is 1. The van der Waals surface area contributed by atoms with Gasteiger partial charge in [-0.15, -0.1) is 11.3 Å². The molecule has 0 saturated carbocycles. The summed E-state index contributed by atoms with van der Waals surface area (Å²) in [4.78, 5) is 16.3. The lowest BCUT2D eigenvalue weighted by molar-refractivity contribution is 0.0953. The van der Waals surface area contributed by atoms with Gasteiger partial charge in [-0.2, -0.15) is 0 Å². The van der Waals surface area contributed by atoms with Gasteiger partial charge in [-0.3, -0.25) is 4.79 Å². The maximum absolute atomic E-state index is 12.1. The smallest absolute Gasteiger partial charge is 0.251 e. The summed E-state index contributed by atoms with van der Waals surface area (Å²) in [7, 11) is 3.44. The number of aromatic nitrogens is 1. The van der Waals surface area contributed by atoms with E-state index in [1.807, 2.05) is 12.4 Å².